The highest BCUT2D eigenvalue weighted by molar-refractivity contribution is 7.99. The van der Waals surface area contributed by atoms with E-state index >= 15 is 0 Å². The van der Waals surface area contributed by atoms with Gasteiger partial charge < -0.3 is 0 Å². The molecule has 2 aromatic rings. The molecule has 0 saturated carbocycles. The third kappa shape index (κ3) is 3.89. The summed E-state index contributed by atoms with van der Waals surface area (Å²) in [6.45, 7) is 2.05. The van der Waals surface area contributed by atoms with Crippen LogP contribution in [-0.4, -0.2) is 26.8 Å². The fraction of sp³-hybridized carbons (Fsp3) is 0.250. The number of hydrogen-bond donors (Lipinski definition) is 2. The first-order valence-electron chi connectivity index (χ1n) is 5.59. The Balaban J connectivity index is 1.72. The molecule has 0 saturated heterocycles. The van der Waals surface area contributed by atoms with Gasteiger partial charge in [0, 0.05) is 17.1 Å². The summed E-state index contributed by atoms with van der Waals surface area (Å²) in [5, 5.41) is 8.87. The number of thioether (sulfide) groups is 1. The summed E-state index contributed by atoms with van der Waals surface area (Å²) in [5.41, 5.74) is 1.24. The van der Waals surface area contributed by atoms with E-state index in [0.717, 1.165) is 5.75 Å². The Kier molecular flexibility index (Phi) is 4.35. The molecule has 18 heavy (non-hydrogen) atoms. The predicted molar refractivity (Wildman–Crippen MR) is 71.5 cm³/mol. The Bertz CT molecular complexity index is 495. The van der Waals surface area contributed by atoms with Crippen LogP contribution in [0.4, 0.5) is 5.95 Å². The summed E-state index contributed by atoms with van der Waals surface area (Å²) in [5.74, 6) is 1.06. The highest BCUT2D eigenvalue weighted by Gasteiger charge is 2.04. The van der Waals surface area contributed by atoms with Crippen molar-refractivity contribution in [3.63, 3.8) is 0 Å². The van der Waals surface area contributed by atoms with Crippen molar-refractivity contribution in [3.05, 3.63) is 36.2 Å². The number of H-pyrrole nitrogens is 1. The third-order valence-electron chi connectivity index (χ3n) is 2.29. The predicted octanol–water partition coefficient (Wildman–Crippen LogP) is 2.23. The fourth-order valence-electron chi connectivity index (χ4n) is 1.36. The van der Waals surface area contributed by atoms with Gasteiger partial charge in [0.2, 0.25) is 11.9 Å². The van der Waals surface area contributed by atoms with Gasteiger partial charge in [0.25, 0.3) is 0 Å². The van der Waals surface area contributed by atoms with Crippen LogP contribution in [0.3, 0.4) is 0 Å². The first kappa shape index (κ1) is 12.6. The number of aromatic nitrogens is 3. The van der Waals surface area contributed by atoms with Crippen molar-refractivity contribution in [2.75, 3.05) is 11.1 Å². The number of nitrogens with zero attached hydrogens (tertiary/aromatic N) is 2. The lowest BCUT2D eigenvalue weighted by atomic mass is 10.2. The summed E-state index contributed by atoms with van der Waals surface area (Å²) in [6, 6.07) is 8.26. The molecule has 5 nitrogen and oxygen atoms in total. The normalized spacial score (nSPS) is 10.3. The summed E-state index contributed by atoms with van der Waals surface area (Å²) in [4.78, 5) is 16.5. The van der Waals surface area contributed by atoms with Crippen LogP contribution in [0.15, 0.2) is 35.5 Å². The molecule has 1 heterocycles. The van der Waals surface area contributed by atoms with Gasteiger partial charge in [0.05, 0.1) is 0 Å². The van der Waals surface area contributed by atoms with Crippen LogP contribution in [0.1, 0.15) is 12.0 Å². The maximum absolute atomic E-state index is 11.5. The van der Waals surface area contributed by atoms with Gasteiger partial charge in [-0.2, -0.15) is 10.1 Å². The van der Waals surface area contributed by atoms with Crippen molar-refractivity contribution in [2.45, 2.75) is 18.2 Å². The summed E-state index contributed by atoms with van der Waals surface area (Å²) >= 11 is 1.66. The lowest BCUT2D eigenvalue weighted by Gasteiger charge is -2.02. The van der Waals surface area contributed by atoms with E-state index in [2.05, 4.69) is 51.7 Å². The van der Waals surface area contributed by atoms with E-state index < -0.39 is 0 Å². The van der Waals surface area contributed by atoms with E-state index in [0.29, 0.717) is 12.4 Å². The zero-order valence-corrected chi connectivity index (χ0v) is 10.8. The molecule has 0 bridgehead atoms. The molecule has 2 rings (SSSR count). The zero-order chi connectivity index (χ0) is 12.8. The van der Waals surface area contributed by atoms with Gasteiger partial charge in [-0.1, -0.05) is 17.7 Å². The van der Waals surface area contributed by atoms with Crippen molar-refractivity contribution >= 4 is 23.6 Å². The van der Waals surface area contributed by atoms with E-state index in [9.17, 15) is 4.79 Å². The van der Waals surface area contributed by atoms with Crippen molar-refractivity contribution in [1.82, 2.24) is 15.2 Å². The zero-order valence-electron chi connectivity index (χ0n) is 10.0. The van der Waals surface area contributed by atoms with Crippen LogP contribution in [0.25, 0.3) is 0 Å². The Morgan fingerprint density at radius 2 is 2.17 bits per heavy atom. The van der Waals surface area contributed by atoms with Gasteiger partial charge in [0.1, 0.15) is 6.33 Å². The van der Waals surface area contributed by atoms with Crippen LogP contribution in [-0.2, 0) is 4.79 Å². The van der Waals surface area contributed by atoms with Gasteiger partial charge in [-0.15, -0.1) is 11.8 Å². The fourth-order valence-corrected chi connectivity index (χ4v) is 2.21. The molecule has 94 valence electrons. The highest BCUT2D eigenvalue weighted by Crippen LogP contribution is 2.19. The largest absolute Gasteiger partial charge is 0.295 e. The number of amides is 1. The Morgan fingerprint density at radius 3 is 2.83 bits per heavy atom. The molecule has 2 N–H and O–H groups in total. The quantitative estimate of drug-likeness (QED) is 0.811. The van der Waals surface area contributed by atoms with E-state index in [1.165, 1.54) is 16.8 Å². The third-order valence-corrected chi connectivity index (χ3v) is 3.31. The van der Waals surface area contributed by atoms with E-state index in [1.807, 2.05) is 0 Å². The Labute approximate surface area is 109 Å². The van der Waals surface area contributed by atoms with Crippen LogP contribution in [0.5, 0.6) is 0 Å². The minimum Gasteiger partial charge on any atom is -0.295 e. The molecule has 0 aliphatic carbocycles. The molecular formula is C12H14N4OS. The van der Waals surface area contributed by atoms with Gasteiger partial charge in [-0.25, -0.2) is 5.10 Å². The number of rotatable bonds is 5. The van der Waals surface area contributed by atoms with Gasteiger partial charge in [0.15, 0.2) is 0 Å². The van der Waals surface area contributed by atoms with Crippen LogP contribution < -0.4 is 5.32 Å². The number of aryl methyl sites for hydroxylation is 1. The lowest BCUT2D eigenvalue weighted by molar-refractivity contribution is -0.115. The lowest BCUT2D eigenvalue weighted by Crippen LogP contribution is -2.13. The second-order valence-electron chi connectivity index (χ2n) is 3.79. The molecule has 0 spiro atoms. The maximum atomic E-state index is 11.5. The SMILES string of the molecule is Cc1ccc(SCCC(=O)Nc2ncn[nH]2)cc1. The van der Waals surface area contributed by atoms with Gasteiger partial charge >= 0.3 is 0 Å². The minimum absolute atomic E-state index is 0.0636. The summed E-state index contributed by atoms with van der Waals surface area (Å²) < 4.78 is 0. The molecule has 0 atom stereocenters. The monoisotopic (exact) mass is 262 g/mol. The van der Waals surface area contributed by atoms with Crippen molar-refractivity contribution in [2.24, 2.45) is 0 Å². The molecule has 1 aromatic carbocycles. The van der Waals surface area contributed by atoms with E-state index in [4.69, 9.17) is 0 Å². The van der Waals surface area contributed by atoms with Gasteiger partial charge in [-0.3, -0.25) is 10.1 Å². The second kappa shape index (κ2) is 6.20. The Morgan fingerprint density at radius 1 is 1.39 bits per heavy atom. The number of hydrogen-bond acceptors (Lipinski definition) is 4. The van der Waals surface area contributed by atoms with Crippen molar-refractivity contribution in [3.8, 4) is 0 Å². The molecule has 0 radical (unpaired) electrons. The average Bonchev–Trinajstić information content (AvgIpc) is 2.84. The number of aromatic amines is 1. The first-order chi connectivity index (χ1) is 8.74. The molecule has 6 heteroatoms. The van der Waals surface area contributed by atoms with Crippen LogP contribution >= 0.6 is 11.8 Å². The van der Waals surface area contributed by atoms with E-state index in [1.54, 1.807) is 11.8 Å². The average molecular weight is 262 g/mol. The van der Waals surface area contributed by atoms with Crippen LogP contribution in [0, 0.1) is 6.92 Å². The van der Waals surface area contributed by atoms with Crippen molar-refractivity contribution < 1.29 is 4.79 Å². The highest BCUT2D eigenvalue weighted by atomic mass is 32.2. The number of benzene rings is 1. The van der Waals surface area contributed by atoms with Gasteiger partial charge in [-0.05, 0) is 19.1 Å². The number of carbonyl (C=O) groups excluding carboxylic acids is 1. The number of carbonyl (C=O) groups is 1. The van der Waals surface area contributed by atoms with E-state index in [-0.39, 0.29) is 5.91 Å². The first-order valence-corrected chi connectivity index (χ1v) is 6.57. The smallest absolute Gasteiger partial charge is 0.227 e. The molecule has 1 aromatic heterocycles. The number of anilines is 1. The molecular weight excluding hydrogens is 248 g/mol. The molecule has 0 fully saturated rings. The summed E-state index contributed by atoms with van der Waals surface area (Å²) in [6.07, 6.45) is 1.80. The topological polar surface area (TPSA) is 70.7 Å². The maximum Gasteiger partial charge on any atom is 0.227 e. The Hall–Kier alpha value is -1.82. The molecule has 0 aliphatic rings. The minimum atomic E-state index is -0.0636. The molecule has 0 unspecified atom stereocenters. The second-order valence-corrected chi connectivity index (χ2v) is 4.96. The number of nitrogens with one attached hydrogen (secondary N) is 2. The van der Waals surface area contributed by atoms with Crippen molar-refractivity contribution in [1.29, 1.82) is 0 Å². The molecule has 0 aliphatic heterocycles. The summed E-state index contributed by atoms with van der Waals surface area (Å²) in [7, 11) is 0. The standard InChI is InChI=1S/C12H14N4OS/c1-9-2-4-10(5-3-9)18-7-6-11(17)15-12-13-8-14-16-12/h2-5,8H,6-7H2,1H3,(H2,13,14,15,16,17). The molecule has 1 amide bonds. The van der Waals surface area contributed by atoms with Crippen LogP contribution in [0.2, 0.25) is 0 Å².